The summed E-state index contributed by atoms with van der Waals surface area (Å²) in [5.41, 5.74) is 0.593. The number of aliphatic hydroxyl groups is 1. The molecule has 21 heavy (non-hydrogen) atoms. The highest BCUT2D eigenvalue weighted by Gasteiger charge is 2.20. The molecule has 1 aromatic heterocycles. The van der Waals surface area contributed by atoms with Gasteiger partial charge in [0, 0.05) is 25.3 Å². The molecule has 2 rings (SSSR count). The second-order valence-corrected chi connectivity index (χ2v) is 7.19. The zero-order chi connectivity index (χ0) is 15.3. The van der Waals surface area contributed by atoms with E-state index in [1.54, 1.807) is 6.07 Å². The number of hydrogen-bond donors (Lipinski definition) is 2. The van der Waals surface area contributed by atoms with Crippen molar-refractivity contribution in [1.29, 1.82) is 0 Å². The van der Waals surface area contributed by atoms with Gasteiger partial charge in [-0.1, -0.05) is 18.9 Å². The zero-order valence-corrected chi connectivity index (χ0v) is 13.1. The lowest BCUT2D eigenvalue weighted by Gasteiger charge is -2.23. The summed E-state index contributed by atoms with van der Waals surface area (Å²) in [5.74, 6) is 0. The van der Waals surface area contributed by atoms with E-state index in [1.165, 1.54) is 37.9 Å². The molecule has 1 heterocycles. The third-order valence-electron chi connectivity index (χ3n) is 3.96. The topological polar surface area (TPSA) is 82.5 Å². The highest BCUT2D eigenvalue weighted by Crippen LogP contribution is 2.21. The van der Waals surface area contributed by atoms with Crippen LogP contribution in [0.1, 0.15) is 31.2 Å². The fourth-order valence-electron chi connectivity index (χ4n) is 2.62. The summed E-state index contributed by atoms with van der Waals surface area (Å²) in [6, 6.07) is 3.55. The number of likely N-dealkylation sites (N-methyl/N-ethyl adjacent to an activating group) is 1. The molecule has 0 aliphatic heterocycles. The maximum Gasteiger partial charge on any atom is 0.258 e. The van der Waals surface area contributed by atoms with Gasteiger partial charge in [0.15, 0.2) is 5.03 Å². The van der Waals surface area contributed by atoms with Crippen molar-refractivity contribution in [2.24, 2.45) is 0 Å². The molecule has 0 atom stereocenters. The van der Waals surface area contributed by atoms with Gasteiger partial charge in [-0.05, 0) is 31.5 Å². The maximum absolute atomic E-state index is 12.1. The first-order valence-corrected chi connectivity index (χ1v) is 8.77. The maximum atomic E-state index is 12.1. The lowest BCUT2D eigenvalue weighted by molar-refractivity contribution is 0.250. The van der Waals surface area contributed by atoms with Crippen molar-refractivity contribution in [3.63, 3.8) is 0 Å². The molecule has 0 unspecified atom stereocenters. The highest BCUT2D eigenvalue weighted by molar-refractivity contribution is 7.89. The minimum atomic E-state index is -3.57. The molecule has 1 fully saturated rings. The molecule has 0 amide bonds. The molecular formula is C14H23N3O3S. The van der Waals surface area contributed by atoms with Crippen LogP contribution < -0.4 is 4.72 Å². The lowest BCUT2D eigenvalue weighted by Crippen LogP contribution is -2.37. The van der Waals surface area contributed by atoms with E-state index >= 15 is 0 Å². The Morgan fingerprint density at radius 2 is 2.10 bits per heavy atom. The summed E-state index contributed by atoms with van der Waals surface area (Å²) in [4.78, 5) is 6.09. The predicted octanol–water partition coefficient (Wildman–Crippen LogP) is 0.727. The Kier molecular flexibility index (Phi) is 5.69. The Labute approximate surface area is 126 Å². The number of rotatable bonds is 7. The Balaban J connectivity index is 1.85. The third-order valence-corrected chi connectivity index (χ3v) is 5.34. The Hall–Kier alpha value is -1.02. The monoisotopic (exact) mass is 313 g/mol. The van der Waals surface area contributed by atoms with E-state index in [2.05, 4.69) is 14.6 Å². The molecule has 0 spiro atoms. The summed E-state index contributed by atoms with van der Waals surface area (Å²) >= 11 is 0. The number of sulfonamides is 1. The number of aliphatic hydroxyl groups excluding tert-OH is 1. The predicted molar refractivity (Wildman–Crippen MR) is 80.2 cm³/mol. The average Bonchev–Trinajstić information content (AvgIpc) is 3.01. The Morgan fingerprint density at radius 3 is 2.67 bits per heavy atom. The van der Waals surface area contributed by atoms with Gasteiger partial charge in [-0.3, -0.25) is 0 Å². The van der Waals surface area contributed by atoms with Crippen LogP contribution in [0.3, 0.4) is 0 Å². The lowest BCUT2D eigenvalue weighted by atomic mass is 10.2. The van der Waals surface area contributed by atoms with E-state index in [1.807, 2.05) is 7.05 Å². The molecular weight excluding hydrogens is 290 g/mol. The number of hydrogen-bond acceptors (Lipinski definition) is 5. The van der Waals surface area contributed by atoms with Crippen molar-refractivity contribution in [1.82, 2.24) is 14.6 Å². The van der Waals surface area contributed by atoms with Gasteiger partial charge in [0.2, 0.25) is 0 Å². The van der Waals surface area contributed by atoms with Crippen molar-refractivity contribution in [3.05, 3.63) is 23.9 Å². The number of aromatic nitrogens is 1. The molecule has 1 aliphatic carbocycles. The zero-order valence-electron chi connectivity index (χ0n) is 12.3. The molecule has 0 aromatic carbocycles. The van der Waals surface area contributed by atoms with Gasteiger partial charge in [0.25, 0.3) is 10.0 Å². The second kappa shape index (κ2) is 7.31. The van der Waals surface area contributed by atoms with Crippen molar-refractivity contribution in [2.75, 3.05) is 20.1 Å². The van der Waals surface area contributed by atoms with E-state index in [4.69, 9.17) is 5.11 Å². The average molecular weight is 313 g/mol. The van der Waals surface area contributed by atoms with Gasteiger partial charge in [-0.2, -0.15) is 0 Å². The minimum absolute atomic E-state index is 0.0109. The third kappa shape index (κ3) is 4.47. The van der Waals surface area contributed by atoms with Gasteiger partial charge >= 0.3 is 0 Å². The van der Waals surface area contributed by atoms with E-state index in [0.29, 0.717) is 24.7 Å². The van der Waals surface area contributed by atoms with Gasteiger partial charge < -0.3 is 10.0 Å². The van der Waals surface area contributed by atoms with Crippen LogP contribution in [0.4, 0.5) is 0 Å². The van der Waals surface area contributed by atoms with Gasteiger partial charge in [0.05, 0.1) is 6.61 Å². The molecule has 0 saturated heterocycles. The van der Waals surface area contributed by atoms with Crippen molar-refractivity contribution < 1.29 is 13.5 Å². The summed E-state index contributed by atoms with van der Waals surface area (Å²) in [7, 11) is -1.53. The second-order valence-electron chi connectivity index (χ2n) is 5.48. The summed E-state index contributed by atoms with van der Waals surface area (Å²) < 4.78 is 26.7. The number of nitrogens with zero attached hydrogens (tertiary/aromatic N) is 2. The van der Waals surface area contributed by atoms with Crippen LogP contribution >= 0.6 is 0 Å². The minimum Gasteiger partial charge on any atom is -0.392 e. The fraction of sp³-hybridized carbons (Fsp3) is 0.643. The van der Waals surface area contributed by atoms with E-state index in [-0.39, 0.29) is 11.6 Å². The molecule has 118 valence electrons. The molecule has 7 heteroatoms. The van der Waals surface area contributed by atoms with Gasteiger partial charge in [-0.25, -0.2) is 18.1 Å². The Morgan fingerprint density at radius 1 is 1.38 bits per heavy atom. The normalized spacial score (nSPS) is 16.7. The Bertz CT molecular complexity index is 539. The molecule has 6 nitrogen and oxygen atoms in total. The van der Waals surface area contributed by atoms with Crippen LogP contribution in [-0.2, 0) is 16.6 Å². The van der Waals surface area contributed by atoms with Crippen LogP contribution in [0.25, 0.3) is 0 Å². The van der Waals surface area contributed by atoms with Crippen LogP contribution in [0, 0.1) is 0 Å². The molecule has 0 bridgehead atoms. The first kappa shape index (κ1) is 16.4. The van der Waals surface area contributed by atoms with E-state index in [0.717, 1.165) is 0 Å². The van der Waals surface area contributed by atoms with Crippen LogP contribution in [0.2, 0.25) is 0 Å². The smallest absolute Gasteiger partial charge is 0.258 e. The molecule has 2 N–H and O–H groups in total. The molecule has 1 saturated carbocycles. The van der Waals surface area contributed by atoms with Crippen molar-refractivity contribution in [2.45, 2.75) is 43.4 Å². The van der Waals surface area contributed by atoms with Crippen molar-refractivity contribution in [3.8, 4) is 0 Å². The standard InChI is InChI=1S/C14H23N3O3S/c1-17(13-4-2-3-5-13)9-8-16-21(19,20)14-7-6-12(11-18)10-15-14/h6-7,10,13,16,18H,2-5,8-9,11H2,1H3. The quantitative estimate of drug-likeness (QED) is 0.775. The van der Waals surface area contributed by atoms with E-state index in [9.17, 15) is 8.42 Å². The largest absolute Gasteiger partial charge is 0.392 e. The SMILES string of the molecule is CN(CCNS(=O)(=O)c1ccc(CO)cn1)C1CCCC1. The summed E-state index contributed by atoms with van der Waals surface area (Å²) in [6.07, 6.45) is 6.31. The van der Waals surface area contributed by atoms with Gasteiger partial charge in [-0.15, -0.1) is 0 Å². The molecule has 1 aromatic rings. The number of nitrogens with one attached hydrogen (secondary N) is 1. The molecule has 0 radical (unpaired) electrons. The number of pyridine rings is 1. The summed E-state index contributed by atoms with van der Waals surface area (Å²) in [5, 5.41) is 8.92. The van der Waals surface area contributed by atoms with Crippen molar-refractivity contribution >= 4 is 10.0 Å². The van der Waals surface area contributed by atoms with Gasteiger partial charge in [0.1, 0.15) is 0 Å². The van der Waals surface area contributed by atoms with Crippen LogP contribution in [-0.4, -0.2) is 49.6 Å². The fourth-order valence-corrected chi connectivity index (χ4v) is 3.57. The van der Waals surface area contributed by atoms with E-state index < -0.39 is 10.0 Å². The first-order chi connectivity index (χ1) is 10.0. The summed E-state index contributed by atoms with van der Waals surface area (Å²) in [6.45, 7) is 0.921. The highest BCUT2D eigenvalue weighted by atomic mass is 32.2. The first-order valence-electron chi connectivity index (χ1n) is 7.28. The van der Waals surface area contributed by atoms with Crippen LogP contribution in [0.5, 0.6) is 0 Å². The van der Waals surface area contributed by atoms with Crippen LogP contribution in [0.15, 0.2) is 23.4 Å². The molecule has 1 aliphatic rings.